The lowest BCUT2D eigenvalue weighted by molar-refractivity contribution is -0.140. The van der Waals surface area contributed by atoms with E-state index in [0.29, 0.717) is 12.2 Å². The zero-order valence-electron chi connectivity index (χ0n) is 25.0. The molecule has 7 heteroatoms. The Bertz CT molecular complexity index is 1100. The van der Waals surface area contributed by atoms with Crippen LogP contribution in [0.2, 0.25) is 0 Å². The Morgan fingerprint density at radius 2 is 1.54 bits per heavy atom. The third-order valence-corrected chi connectivity index (χ3v) is 6.41. The minimum Gasteiger partial charge on any atom is -0.444 e. The van der Waals surface area contributed by atoms with Crippen molar-refractivity contribution in [2.45, 2.75) is 105 Å². The van der Waals surface area contributed by atoms with Crippen molar-refractivity contribution in [1.29, 1.82) is 0 Å². The lowest BCUT2D eigenvalue weighted by Crippen LogP contribution is -2.51. The molecule has 0 saturated carbocycles. The van der Waals surface area contributed by atoms with Crippen molar-refractivity contribution in [3.8, 4) is 0 Å². The van der Waals surface area contributed by atoms with Gasteiger partial charge >= 0.3 is 6.09 Å². The van der Waals surface area contributed by atoms with Crippen LogP contribution >= 0.6 is 0 Å². The van der Waals surface area contributed by atoms with Gasteiger partial charge in [-0.1, -0.05) is 80.1 Å². The first-order valence-corrected chi connectivity index (χ1v) is 14.1. The maximum Gasteiger partial charge on any atom is 0.408 e. The topological polar surface area (TPSA) is 87.7 Å². The van der Waals surface area contributed by atoms with Gasteiger partial charge in [-0.3, -0.25) is 9.59 Å². The predicted octanol–water partition coefficient (Wildman–Crippen LogP) is 7.00. The maximum absolute atomic E-state index is 14.0. The number of nitrogens with zero attached hydrogens (tertiary/aromatic N) is 1. The molecule has 0 bridgehead atoms. The van der Waals surface area contributed by atoms with E-state index in [1.165, 1.54) is 0 Å². The molecule has 0 aliphatic carbocycles. The average Bonchev–Trinajstić information content (AvgIpc) is 2.82. The highest BCUT2D eigenvalue weighted by Crippen LogP contribution is 2.28. The molecule has 0 spiro atoms. The molecule has 0 radical (unpaired) electrons. The molecule has 0 fully saturated rings. The van der Waals surface area contributed by atoms with Gasteiger partial charge in [0.1, 0.15) is 17.7 Å². The fourth-order valence-corrected chi connectivity index (χ4v) is 4.60. The van der Waals surface area contributed by atoms with Gasteiger partial charge in [0.05, 0.1) is 0 Å². The highest BCUT2D eigenvalue weighted by molar-refractivity contribution is 5.99. The van der Waals surface area contributed by atoms with Crippen LogP contribution in [0, 0.1) is 20.8 Å². The van der Waals surface area contributed by atoms with E-state index < -0.39 is 23.8 Å². The SMILES string of the molecule is CCCCCCCN(C(=O)C(C)NC(=O)OC(C)(C)C)C(C(=O)Nc1ccccc1C)c1cc(C)cc(C)c1. The van der Waals surface area contributed by atoms with Gasteiger partial charge in [0.15, 0.2) is 0 Å². The molecule has 0 aliphatic heterocycles. The van der Waals surface area contributed by atoms with Crippen molar-refractivity contribution >= 4 is 23.6 Å². The Morgan fingerprint density at radius 1 is 0.923 bits per heavy atom. The second kappa shape index (κ2) is 14.7. The summed E-state index contributed by atoms with van der Waals surface area (Å²) in [4.78, 5) is 42.0. The van der Waals surface area contributed by atoms with Crippen LogP contribution in [0.4, 0.5) is 10.5 Å². The Kier molecular flexibility index (Phi) is 12.0. The number of hydrogen-bond acceptors (Lipinski definition) is 4. The molecule has 0 aromatic heterocycles. The van der Waals surface area contributed by atoms with Crippen LogP contribution in [-0.2, 0) is 14.3 Å². The zero-order valence-corrected chi connectivity index (χ0v) is 25.0. The molecule has 2 unspecified atom stereocenters. The lowest BCUT2D eigenvalue weighted by atomic mass is 9.98. The number of carbonyl (C=O) groups excluding carboxylic acids is 3. The predicted molar refractivity (Wildman–Crippen MR) is 158 cm³/mol. The number of nitrogens with one attached hydrogen (secondary N) is 2. The number of aryl methyl sites for hydroxylation is 3. The first kappa shape index (κ1) is 31.9. The van der Waals surface area contributed by atoms with Gasteiger partial charge in [0.25, 0.3) is 5.91 Å². The summed E-state index contributed by atoms with van der Waals surface area (Å²) < 4.78 is 5.38. The molecular formula is C32H47N3O4. The minimum atomic E-state index is -0.879. The van der Waals surface area contributed by atoms with E-state index in [0.717, 1.165) is 54.4 Å². The van der Waals surface area contributed by atoms with E-state index in [-0.39, 0.29) is 11.8 Å². The van der Waals surface area contributed by atoms with Gasteiger partial charge in [-0.25, -0.2) is 4.79 Å². The van der Waals surface area contributed by atoms with Gasteiger partial charge in [-0.2, -0.15) is 0 Å². The van der Waals surface area contributed by atoms with E-state index in [9.17, 15) is 14.4 Å². The Balaban J connectivity index is 2.47. The second-order valence-electron chi connectivity index (χ2n) is 11.4. The van der Waals surface area contributed by atoms with Gasteiger partial charge in [-0.15, -0.1) is 0 Å². The monoisotopic (exact) mass is 537 g/mol. The number of rotatable bonds is 12. The van der Waals surface area contributed by atoms with E-state index in [1.54, 1.807) is 32.6 Å². The number of unbranched alkanes of at least 4 members (excludes halogenated alkanes) is 4. The Hall–Kier alpha value is -3.35. The van der Waals surface area contributed by atoms with E-state index in [1.807, 2.05) is 63.2 Å². The van der Waals surface area contributed by atoms with Gasteiger partial charge in [-0.05, 0) is 72.1 Å². The van der Waals surface area contributed by atoms with Crippen LogP contribution in [0.3, 0.4) is 0 Å². The van der Waals surface area contributed by atoms with Crippen LogP contribution in [0.25, 0.3) is 0 Å². The third kappa shape index (κ3) is 10.4. The molecule has 0 saturated heterocycles. The number of benzene rings is 2. The average molecular weight is 538 g/mol. The first-order valence-electron chi connectivity index (χ1n) is 14.1. The molecule has 2 rings (SSSR count). The van der Waals surface area contributed by atoms with Crippen molar-refractivity contribution in [2.24, 2.45) is 0 Å². The number of ether oxygens (including phenoxy) is 1. The fraction of sp³-hybridized carbons (Fsp3) is 0.531. The van der Waals surface area contributed by atoms with Crippen LogP contribution < -0.4 is 10.6 Å². The van der Waals surface area contributed by atoms with Crippen molar-refractivity contribution < 1.29 is 19.1 Å². The standard InChI is InChI=1S/C32H47N3O4/c1-9-10-11-12-15-18-35(30(37)25(5)33-31(38)39-32(6,7)8)28(26-20-22(2)19-23(3)21-26)29(36)34-27-17-14-13-16-24(27)4/h13-14,16-17,19-21,25,28H,9-12,15,18H2,1-8H3,(H,33,38)(H,34,36). The molecular weight excluding hydrogens is 490 g/mol. The quantitative estimate of drug-likeness (QED) is 0.285. The molecule has 2 atom stereocenters. The summed E-state index contributed by atoms with van der Waals surface area (Å²) in [7, 11) is 0. The maximum atomic E-state index is 14.0. The number of hydrogen-bond donors (Lipinski definition) is 2. The molecule has 0 aliphatic rings. The van der Waals surface area contributed by atoms with Gasteiger partial charge in [0, 0.05) is 12.2 Å². The van der Waals surface area contributed by atoms with Gasteiger partial charge in [0.2, 0.25) is 5.91 Å². The van der Waals surface area contributed by atoms with Crippen molar-refractivity contribution in [2.75, 3.05) is 11.9 Å². The number of carbonyl (C=O) groups is 3. The number of amides is 3. The Morgan fingerprint density at radius 3 is 2.13 bits per heavy atom. The highest BCUT2D eigenvalue weighted by Gasteiger charge is 2.35. The number of anilines is 1. The summed E-state index contributed by atoms with van der Waals surface area (Å²) in [6.45, 7) is 15.4. The summed E-state index contributed by atoms with van der Waals surface area (Å²) >= 11 is 0. The largest absolute Gasteiger partial charge is 0.444 e. The molecule has 39 heavy (non-hydrogen) atoms. The first-order chi connectivity index (χ1) is 18.3. The molecule has 2 N–H and O–H groups in total. The molecule has 2 aromatic carbocycles. The summed E-state index contributed by atoms with van der Waals surface area (Å²) in [5, 5.41) is 5.73. The van der Waals surface area contributed by atoms with Crippen molar-refractivity contribution in [1.82, 2.24) is 10.2 Å². The molecule has 214 valence electrons. The molecule has 3 amide bonds. The van der Waals surface area contributed by atoms with Crippen molar-refractivity contribution in [3.63, 3.8) is 0 Å². The summed E-state index contributed by atoms with van der Waals surface area (Å²) in [5.74, 6) is -0.624. The highest BCUT2D eigenvalue weighted by atomic mass is 16.6. The normalized spacial score (nSPS) is 12.8. The lowest BCUT2D eigenvalue weighted by Gasteiger charge is -2.34. The number of para-hydroxylation sites is 1. The molecule has 7 nitrogen and oxygen atoms in total. The molecule has 2 aromatic rings. The van der Waals surface area contributed by atoms with E-state index in [2.05, 4.69) is 17.6 Å². The summed E-state index contributed by atoms with van der Waals surface area (Å²) in [6.07, 6.45) is 4.34. The van der Waals surface area contributed by atoms with Crippen molar-refractivity contribution in [3.05, 3.63) is 64.7 Å². The minimum absolute atomic E-state index is 0.291. The van der Waals surface area contributed by atoms with Crippen LogP contribution in [-0.4, -0.2) is 41.0 Å². The van der Waals surface area contributed by atoms with E-state index >= 15 is 0 Å². The Labute approximate surface area is 234 Å². The van der Waals surface area contributed by atoms with Crippen LogP contribution in [0.1, 0.15) is 95.0 Å². The number of alkyl carbamates (subject to hydrolysis) is 1. The van der Waals surface area contributed by atoms with E-state index in [4.69, 9.17) is 4.74 Å². The van der Waals surface area contributed by atoms with Gasteiger partial charge < -0.3 is 20.3 Å². The zero-order chi connectivity index (χ0) is 29.2. The summed E-state index contributed by atoms with van der Waals surface area (Å²) in [5.41, 5.74) is 3.70. The van der Waals surface area contributed by atoms with Crippen LogP contribution in [0.15, 0.2) is 42.5 Å². The van der Waals surface area contributed by atoms with Crippen LogP contribution in [0.5, 0.6) is 0 Å². The fourth-order valence-electron chi connectivity index (χ4n) is 4.60. The summed E-state index contributed by atoms with van der Waals surface area (Å²) in [6, 6.07) is 11.8. The molecule has 0 heterocycles. The second-order valence-corrected chi connectivity index (χ2v) is 11.4. The smallest absolute Gasteiger partial charge is 0.408 e. The third-order valence-electron chi connectivity index (χ3n) is 6.41.